The number of methoxy groups -OCH3 is 1. The number of hydrogen-bond acceptors (Lipinski definition) is 5. The first-order chi connectivity index (χ1) is 13.0. The molecule has 4 aliphatic carbocycles. The summed E-state index contributed by atoms with van der Waals surface area (Å²) in [5.74, 6) is 1.38. The van der Waals surface area contributed by atoms with Crippen molar-refractivity contribution in [1.82, 2.24) is 0 Å². The van der Waals surface area contributed by atoms with Crippen molar-refractivity contribution < 1.29 is 24.2 Å². The van der Waals surface area contributed by atoms with E-state index in [0.29, 0.717) is 24.2 Å². The highest BCUT2D eigenvalue weighted by Crippen LogP contribution is 2.71. The van der Waals surface area contributed by atoms with Crippen LogP contribution in [0.4, 0.5) is 0 Å². The number of aliphatic hydroxyl groups is 1. The zero-order valence-corrected chi connectivity index (χ0v) is 16.3. The van der Waals surface area contributed by atoms with Gasteiger partial charge in [-0.15, -0.1) is 0 Å². The minimum atomic E-state index is -0.388. The first-order valence-electron chi connectivity index (χ1n) is 10.5. The largest absolute Gasteiger partial charge is 0.389 e. The highest BCUT2D eigenvalue weighted by Gasteiger charge is 2.71. The molecule has 1 heterocycles. The normalized spacial score (nSPS) is 50.6. The van der Waals surface area contributed by atoms with Crippen LogP contribution in [0.15, 0.2) is 11.6 Å². The van der Waals surface area contributed by atoms with Gasteiger partial charge in [0.2, 0.25) is 0 Å². The first kappa shape index (κ1) is 18.0. The Morgan fingerprint density at radius 2 is 2.15 bits per heavy atom. The van der Waals surface area contributed by atoms with Crippen LogP contribution in [-0.4, -0.2) is 42.8 Å². The van der Waals surface area contributed by atoms with E-state index in [9.17, 15) is 14.7 Å². The van der Waals surface area contributed by atoms with Crippen LogP contribution in [0, 0.1) is 34.5 Å². The average Bonchev–Trinajstić information content (AvgIpc) is 3.21. The predicted octanol–water partition coefficient (Wildman–Crippen LogP) is 2.66. The van der Waals surface area contributed by atoms with E-state index >= 15 is 0 Å². The lowest BCUT2D eigenvalue weighted by atomic mass is 9.46. The zero-order chi connectivity index (χ0) is 19.0. The summed E-state index contributed by atoms with van der Waals surface area (Å²) < 4.78 is 12.3. The maximum atomic E-state index is 12.6. The Hall–Kier alpha value is -1.04. The summed E-state index contributed by atoms with van der Waals surface area (Å²) in [4.78, 5) is 24.6. The number of allylic oxidation sites excluding steroid dienone is 1. The molecule has 0 radical (unpaired) electrons. The van der Waals surface area contributed by atoms with Crippen LogP contribution in [-0.2, 0) is 19.1 Å². The number of carbonyl (C=O) groups is 2. The minimum absolute atomic E-state index is 0.0232. The molecule has 3 saturated carbocycles. The van der Waals surface area contributed by atoms with Crippen molar-refractivity contribution in [2.75, 3.05) is 13.7 Å². The topological polar surface area (TPSA) is 72.8 Å². The first-order valence-corrected chi connectivity index (χ1v) is 10.5. The van der Waals surface area contributed by atoms with E-state index in [-0.39, 0.29) is 47.3 Å². The van der Waals surface area contributed by atoms with Crippen molar-refractivity contribution in [2.45, 2.75) is 64.3 Å². The fourth-order valence-electron chi connectivity index (χ4n) is 8.05. The molecule has 5 nitrogen and oxygen atoms in total. The molecular formula is C22H30O5. The van der Waals surface area contributed by atoms with Gasteiger partial charge in [-0.05, 0) is 67.8 Å². The van der Waals surface area contributed by atoms with Crippen LogP contribution in [0.3, 0.4) is 0 Å². The monoisotopic (exact) mass is 374 g/mol. The van der Waals surface area contributed by atoms with Gasteiger partial charge in [0.1, 0.15) is 6.61 Å². The molecule has 148 valence electrons. The van der Waals surface area contributed by atoms with Gasteiger partial charge in [-0.25, -0.2) is 0 Å². The van der Waals surface area contributed by atoms with Crippen molar-refractivity contribution >= 4 is 11.6 Å². The number of aliphatic hydroxyl groups excluding tert-OH is 1. The van der Waals surface area contributed by atoms with Crippen molar-refractivity contribution in [3.63, 3.8) is 0 Å². The summed E-state index contributed by atoms with van der Waals surface area (Å²) in [5.41, 5.74) is 1.07. The van der Waals surface area contributed by atoms with E-state index in [4.69, 9.17) is 9.47 Å². The van der Waals surface area contributed by atoms with Crippen LogP contribution < -0.4 is 0 Å². The fourth-order valence-corrected chi connectivity index (χ4v) is 8.05. The highest BCUT2D eigenvalue weighted by atomic mass is 16.7. The maximum Gasteiger partial charge on any atom is 0.164 e. The van der Waals surface area contributed by atoms with Gasteiger partial charge in [-0.2, -0.15) is 0 Å². The molecule has 1 aliphatic heterocycles. The molecule has 0 amide bonds. The minimum Gasteiger partial charge on any atom is -0.389 e. The molecule has 1 saturated heterocycles. The SMILES string of the molecule is COC1O[C@H]2C[C@@]13[C@@H](C(=O)CO)CC[C@H]3[C@@H]1CCC3=CC(=O)CC[C@]3(C)[C@H]12. The van der Waals surface area contributed by atoms with Gasteiger partial charge in [-0.1, -0.05) is 12.5 Å². The molecule has 1 unspecified atom stereocenters. The summed E-state index contributed by atoms with van der Waals surface area (Å²) in [7, 11) is 1.69. The van der Waals surface area contributed by atoms with Crippen LogP contribution in [0.5, 0.6) is 0 Å². The molecule has 0 aromatic carbocycles. The molecule has 0 aromatic heterocycles. The van der Waals surface area contributed by atoms with Crippen molar-refractivity contribution in [1.29, 1.82) is 0 Å². The lowest BCUT2D eigenvalue weighted by molar-refractivity contribution is -0.175. The highest BCUT2D eigenvalue weighted by molar-refractivity contribution is 5.91. The van der Waals surface area contributed by atoms with Gasteiger partial charge < -0.3 is 14.6 Å². The smallest absolute Gasteiger partial charge is 0.164 e. The molecule has 1 N–H and O–H groups in total. The number of rotatable bonds is 3. The second kappa shape index (κ2) is 5.98. The van der Waals surface area contributed by atoms with Crippen molar-refractivity contribution in [3.8, 4) is 0 Å². The Bertz CT molecular complexity index is 713. The van der Waals surface area contributed by atoms with Gasteiger partial charge >= 0.3 is 0 Å². The fraction of sp³-hybridized carbons (Fsp3) is 0.818. The van der Waals surface area contributed by atoms with Crippen molar-refractivity contribution in [2.24, 2.45) is 34.5 Å². The van der Waals surface area contributed by atoms with Gasteiger partial charge in [-0.3, -0.25) is 9.59 Å². The van der Waals surface area contributed by atoms with Crippen LogP contribution in [0.1, 0.15) is 51.9 Å². The van der Waals surface area contributed by atoms with E-state index in [2.05, 4.69) is 6.92 Å². The zero-order valence-electron chi connectivity index (χ0n) is 16.3. The summed E-state index contributed by atoms with van der Waals surface area (Å²) in [6.45, 7) is 1.95. The number of hydrogen-bond donors (Lipinski definition) is 1. The van der Waals surface area contributed by atoms with E-state index in [0.717, 1.165) is 38.5 Å². The second-order valence-electron chi connectivity index (χ2n) is 9.70. The molecule has 27 heavy (non-hydrogen) atoms. The maximum absolute atomic E-state index is 12.6. The molecular weight excluding hydrogens is 344 g/mol. The molecule has 1 spiro atoms. The number of ketones is 2. The third kappa shape index (κ3) is 2.16. The van der Waals surface area contributed by atoms with E-state index in [1.165, 1.54) is 5.57 Å². The molecule has 5 aliphatic rings. The second-order valence-corrected chi connectivity index (χ2v) is 9.70. The number of carbonyl (C=O) groups excluding carboxylic acids is 2. The Morgan fingerprint density at radius 1 is 1.33 bits per heavy atom. The van der Waals surface area contributed by atoms with Crippen molar-refractivity contribution in [3.05, 3.63) is 11.6 Å². The Morgan fingerprint density at radius 3 is 2.89 bits per heavy atom. The molecule has 4 fully saturated rings. The molecule has 5 heteroatoms. The number of ether oxygens (including phenoxy) is 2. The van der Waals surface area contributed by atoms with Gasteiger partial charge in [0.15, 0.2) is 17.9 Å². The molecule has 8 atom stereocenters. The van der Waals surface area contributed by atoms with E-state index < -0.39 is 0 Å². The quantitative estimate of drug-likeness (QED) is 0.822. The van der Waals surface area contributed by atoms with Crippen LogP contribution in [0.2, 0.25) is 0 Å². The lowest BCUT2D eigenvalue weighted by Gasteiger charge is -2.57. The third-order valence-electron chi connectivity index (χ3n) is 8.98. The Labute approximate surface area is 160 Å². The standard InChI is InChI=1S/C22H30O5/c1-21-8-7-13(24)9-12(21)3-4-14-15-5-6-16(17(25)11-23)22(15)10-18(19(14)21)27-20(22)26-2/h9,14-16,18-20,23H,3-8,10-11H2,1-2H3/t14-,15-,16+,18-,19+,20?,21-,22+/m0/s1. The Kier molecular flexibility index (Phi) is 3.99. The summed E-state index contributed by atoms with van der Waals surface area (Å²) >= 11 is 0. The van der Waals surface area contributed by atoms with Gasteiger partial charge in [0, 0.05) is 24.9 Å². The average molecular weight is 374 g/mol. The molecule has 5 rings (SSSR count). The third-order valence-corrected chi connectivity index (χ3v) is 8.98. The molecule has 0 aromatic rings. The van der Waals surface area contributed by atoms with E-state index in [1.54, 1.807) is 7.11 Å². The van der Waals surface area contributed by atoms with Gasteiger partial charge in [0.05, 0.1) is 6.10 Å². The number of Topliss-reactive ketones (excluding diaryl/α,β-unsaturated/α-hetero) is 1. The Balaban J connectivity index is 1.58. The molecule has 2 bridgehead atoms. The van der Waals surface area contributed by atoms with E-state index in [1.807, 2.05) is 6.08 Å². The predicted molar refractivity (Wildman–Crippen MR) is 97.7 cm³/mol. The van der Waals surface area contributed by atoms with Crippen LogP contribution >= 0.6 is 0 Å². The lowest BCUT2D eigenvalue weighted by Crippen LogP contribution is -2.55. The van der Waals surface area contributed by atoms with Gasteiger partial charge in [0.25, 0.3) is 0 Å². The summed E-state index contributed by atoms with van der Waals surface area (Å²) in [5, 5.41) is 9.55. The summed E-state index contributed by atoms with van der Waals surface area (Å²) in [6.07, 6.45) is 7.93. The summed E-state index contributed by atoms with van der Waals surface area (Å²) in [6, 6.07) is 0. The number of fused-ring (bicyclic) bond motifs is 6. The van der Waals surface area contributed by atoms with Crippen LogP contribution in [0.25, 0.3) is 0 Å².